The van der Waals surface area contributed by atoms with Gasteiger partial charge in [0.15, 0.2) is 0 Å². The maximum absolute atomic E-state index is 6.14. The molecular formula is C13H15N3OS. The number of hydrogen-bond donors (Lipinski definition) is 1. The van der Waals surface area contributed by atoms with E-state index in [-0.39, 0.29) is 6.04 Å². The van der Waals surface area contributed by atoms with Crippen LogP contribution in [0.2, 0.25) is 0 Å². The SMILES string of the molecule is COc1cccc(C(N)CSc2cnccn2)c1. The van der Waals surface area contributed by atoms with Gasteiger partial charge in [-0.1, -0.05) is 12.1 Å². The highest BCUT2D eigenvalue weighted by molar-refractivity contribution is 7.99. The van der Waals surface area contributed by atoms with Gasteiger partial charge < -0.3 is 10.5 Å². The Morgan fingerprint density at radius 2 is 2.28 bits per heavy atom. The van der Waals surface area contributed by atoms with Gasteiger partial charge in [0.25, 0.3) is 0 Å². The van der Waals surface area contributed by atoms with E-state index in [1.165, 1.54) is 0 Å². The molecule has 1 unspecified atom stereocenters. The monoisotopic (exact) mass is 261 g/mol. The first-order valence-corrected chi connectivity index (χ1v) is 6.56. The molecule has 1 aromatic carbocycles. The largest absolute Gasteiger partial charge is 0.497 e. The van der Waals surface area contributed by atoms with Crippen LogP contribution in [0, 0.1) is 0 Å². The van der Waals surface area contributed by atoms with E-state index in [0.717, 1.165) is 22.1 Å². The Hall–Kier alpha value is -1.59. The maximum Gasteiger partial charge on any atom is 0.119 e. The van der Waals surface area contributed by atoms with E-state index >= 15 is 0 Å². The Morgan fingerprint density at radius 3 is 3.00 bits per heavy atom. The standard InChI is InChI=1S/C13H15N3OS/c1-17-11-4-2-3-10(7-11)12(14)9-18-13-8-15-5-6-16-13/h2-8,12H,9,14H2,1H3. The zero-order chi connectivity index (χ0) is 12.8. The van der Waals surface area contributed by atoms with Crippen molar-refractivity contribution in [3.8, 4) is 5.75 Å². The minimum atomic E-state index is -0.0490. The van der Waals surface area contributed by atoms with Crippen LogP contribution in [0.3, 0.4) is 0 Å². The van der Waals surface area contributed by atoms with Crippen LogP contribution in [0.15, 0.2) is 47.9 Å². The second-order valence-corrected chi connectivity index (χ2v) is 4.78. The van der Waals surface area contributed by atoms with E-state index in [1.807, 2.05) is 24.3 Å². The molecule has 0 aliphatic heterocycles. The van der Waals surface area contributed by atoms with Crippen molar-refractivity contribution in [3.05, 3.63) is 48.4 Å². The Labute approximate surface area is 111 Å². The van der Waals surface area contributed by atoms with Crippen LogP contribution >= 0.6 is 11.8 Å². The molecule has 0 spiro atoms. The second kappa shape index (κ2) is 6.37. The molecule has 4 nitrogen and oxygen atoms in total. The average molecular weight is 261 g/mol. The number of thioether (sulfide) groups is 1. The summed E-state index contributed by atoms with van der Waals surface area (Å²) in [6, 6.07) is 7.77. The predicted molar refractivity (Wildman–Crippen MR) is 72.7 cm³/mol. The second-order valence-electron chi connectivity index (χ2n) is 3.74. The molecule has 18 heavy (non-hydrogen) atoms. The topological polar surface area (TPSA) is 61.0 Å². The van der Waals surface area contributed by atoms with Gasteiger partial charge in [-0.3, -0.25) is 4.98 Å². The minimum Gasteiger partial charge on any atom is -0.497 e. The highest BCUT2D eigenvalue weighted by atomic mass is 32.2. The number of methoxy groups -OCH3 is 1. The van der Waals surface area contributed by atoms with Crippen molar-refractivity contribution in [2.24, 2.45) is 5.73 Å². The lowest BCUT2D eigenvalue weighted by atomic mass is 10.1. The van der Waals surface area contributed by atoms with E-state index in [9.17, 15) is 0 Å². The van der Waals surface area contributed by atoms with Crippen molar-refractivity contribution >= 4 is 11.8 Å². The first-order chi connectivity index (χ1) is 8.79. The summed E-state index contributed by atoms with van der Waals surface area (Å²) >= 11 is 1.60. The van der Waals surface area contributed by atoms with Crippen LogP contribution in [0.1, 0.15) is 11.6 Å². The number of aromatic nitrogens is 2. The van der Waals surface area contributed by atoms with E-state index in [4.69, 9.17) is 10.5 Å². The third-order valence-electron chi connectivity index (χ3n) is 2.47. The molecule has 1 aromatic heterocycles. The van der Waals surface area contributed by atoms with Gasteiger partial charge in [-0.25, -0.2) is 4.98 Å². The van der Waals surface area contributed by atoms with E-state index < -0.39 is 0 Å². The number of benzene rings is 1. The van der Waals surface area contributed by atoms with Gasteiger partial charge in [-0.05, 0) is 17.7 Å². The minimum absolute atomic E-state index is 0.0490. The fourth-order valence-corrected chi connectivity index (χ4v) is 2.32. The van der Waals surface area contributed by atoms with Crippen molar-refractivity contribution in [2.75, 3.05) is 12.9 Å². The number of hydrogen-bond acceptors (Lipinski definition) is 5. The summed E-state index contributed by atoms with van der Waals surface area (Å²) in [7, 11) is 1.65. The summed E-state index contributed by atoms with van der Waals surface area (Å²) in [6.45, 7) is 0. The van der Waals surface area contributed by atoms with Gasteiger partial charge in [0, 0.05) is 24.2 Å². The smallest absolute Gasteiger partial charge is 0.119 e. The van der Waals surface area contributed by atoms with Gasteiger partial charge in [-0.15, -0.1) is 11.8 Å². The molecule has 1 atom stereocenters. The molecule has 0 saturated heterocycles. The lowest BCUT2D eigenvalue weighted by molar-refractivity contribution is 0.414. The van der Waals surface area contributed by atoms with Gasteiger partial charge >= 0.3 is 0 Å². The molecule has 0 radical (unpaired) electrons. The molecule has 0 fully saturated rings. The van der Waals surface area contributed by atoms with Crippen molar-refractivity contribution < 1.29 is 4.74 Å². The molecule has 0 bridgehead atoms. The predicted octanol–water partition coefficient (Wildman–Crippen LogP) is 2.28. The number of nitrogens with zero attached hydrogens (tertiary/aromatic N) is 2. The van der Waals surface area contributed by atoms with Crippen molar-refractivity contribution in [2.45, 2.75) is 11.1 Å². The molecule has 0 aliphatic rings. The summed E-state index contributed by atoms with van der Waals surface area (Å²) in [6.07, 6.45) is 5.08. The van der Waals surface area contributed by atoms with E-state index in [1.54, 1.807) is 37.5 Å². The maximum atomic E-state index is 6.14. The van der Waals surface area contributed by atoms with Crippen molar-refractivity contribution in [3.63, 3.8) is 0 Å². The number of rotatable bonds is 5. The molecule has 5 heteroatoms. The molecule has 2 N–H and O–H groups in total. The van der Waals surface area contributed by atoms with Crippen LogP contribution < -0.4 is 10.5 Å². The Kier molecular flexibility index (Phi) is 4.55. The summed E-state index contributed by atoms with van der Waals surface area (Å²) in [4.78, 5) is 8.22. The van der Waals surface area contributed by atoms with Gasteiger partial charge in [0.05, 0.1) is 13.3 Å². The quantitative estimate of drug-likeness (QED) is 0.837. The first-order valence-electron chi connectivity index (χ1n) is 5.58. The molecule has 0 amide bonds. The number of ether oxygens (including phenoxy) is 1. The van der Waals surface area contributed by atoms with Crippen LogP contribution in [0.4, 0.5) is 0 Å². The molecule has 94 valence electrons. The Morgan fingerprint density at radius 1 is 1.39 bits per heavy atom. The van der Waals surface area contributed by atoms with Gasteiger partial charge in [-0.2, -0.15) is 0 Å². The molecular weight excluding hydrogens is 246 g/mol. The highest BCUT2D eigenvalue weighted by Crippen LogP contribution is 2.23. The fraction of sp³-hybridized carbons (Fsp3) is 0.231. The third kappa shape index (κ3) is 3.45. The molecule has 0 aliphatic carbocycles. The summed E-state index contributed by atoms with van der Waals surface area (Å²) < 4.78 is 5.18. The average Bonchev–Trinajstić information content (AvgIpc) is 2.46. The third-order valence-corrected chi connectivity index (χ3v) is 3.50. The molecule has 0 saturated carbocycles. The van der Waals surface area contributed by atoms with E-state index in [0.29, 0.717) is 0 Å². The summed E-state index contributed by atoms with van der Waals surface area (Å²) in [5.74, 6) is 1.58. The van der Waals surface area contributed by atoms with Crippen molar-refractivity contribution in [1.29, 1.82) is 0 Å². The highest BCUT2D eigenvalue weighted by Gasteiger charge is 2.08. The molecule has 1 heterocycles. The summed E-state index contributed by atoms with van der Waals surface area (Å²) in [5, 5.41) is 0.885. The van der Waals surface area contributed by atoms with Crippen molar-refractivity contribution in [1.82, 2.24) is 9.97 Å². The summed E-state index contributed by atoms with van der Waals surface area (Å²) in [5.41, 5.74) is 7.20. The van der Waals surface area contributed by atoms with Crippen LogP contribution in [0.5, 0.6) is 5.75 Å². The Balaban J connectivity index is 1.97. The lowest BCUT2D eigenvalue weighted by Gasteiger charge is -2.12. The van der Waals surface area contributed by atoms with Gasteiger partial charge in [0.2, 0.25) is 0 Å². The van der Waals surface area contributed by atoms with Crippen LogP contribution in [-0.4, -0.2) is 22.8 Å². The Bertz CT molecular complexity index is 493. The lowest BCUT2D eigenvalue weighted by Crippen LogP contribution is -2.13. The van der Waals surface area contributed by atoms with E-state index in [2.05, 4.69) is 9.97 Å². The van der Waals surface area contributed by atoms with Crippen LogP contribution in [-0.2, 0) is 0 Å². The molecule has 2 rings (SSSR count). The molecule has 2 aromatic rings. The number of nitrogens with two attached hydrogens (primary N) is 1. The zero-order valence-corrected chi connectivity index (χ0v) is 10.9. The zero-order valence-electron chi connectivity index (χ0n) is 10.1. The normalized spacial score (nSPS) is 12.1. The van der Waals surface area contributed by atoms with Gasteiger partial charge in [0.1, 0.15) is 10.8 Å². The fourth-order valence-electron chi connectivity index (χ4n) is 1.50. The first kappa shape index (κ1) is 12.9. The van der Waals surface area contributed by atoms with Crippen LogP contribution in [0.25, 0.3) is 0 Å².